The highest BCUT2D eigenvalue weighted by Gasteiger charge is 2.19. The molecule has 0 atom stereocenters. The van der Waals surface area contributed by atoms with E-state index in [1.165, 1.54) is 0 Å². The van der Waals surface area contributed by atoms with Crippen LogP contribution < -0.4 is 19.8 Å². The second-order valence-corrected chi connectivity index (χ2v) is 8.16. The number of benzene rings is 3. The minimum atomic E-state index is -0.550. The van der Waals surface area contributed by atoms with Crippen molar-refractivity contribution in [2.75, 3.05) is 6.61 Å². The largest absolute Gasteiger partial charge is 0.489 e. The highest BCUT2D eigenvalue weighted by atomic mass is 16.5. The van der Waals surface area contributed by atoms with E-state index in [9.17, 15) is 4.79 Å². The van der Waals surface area contributed by atoms with Crippen LogP contribution in [0.15, 0.2) is 88.1 Å². The van der Waals surface area contributed by atoms with E-state index in [4.69, 9.17) is 18.6 Å². The molecule has 176 valence electrons. The van der Waals surface area contributed by atoms with Crippen molar-refractivity contribution in [1.82, 2.24) is 0 Å². The summed E-state index contributed by atoms with van der Waals surface area (Å²) in [5.74, 6) is 1.14. The van der Waals surface area contributed by atoms with Gasteiger partial charge in [-0.3, -0.25) is 0 Å². The lowest BCUT2D eigenvalue weighted by Crippen LogP contribution is -2.11. The Morgan fingerprint density at radius 2 is 1.38 bits per heavy atom. The third-order valence-corrected chi connectivity index (χ3v) is 5.51. The van der Waals surface area contributed by atoms with Crippen molar-refractivity contribution in [2.24, 2.45) is 0 Å². The summed E-state index contributed by atoms with van der Waals surface area (Å²) in [4.78, 5) is 12.9. The normalized spacial score (nSPS) is 10.9. The van der Waals surface area contributed by atoms with Crippen molar-refractivity contribution in [3.05, 3.63) is 100 Å². The van der Waals surface area contributed by atoms with E-state index in [0.29, 0.717) is 42.3 Å². The Bertz CT molecular complexity index is 1230. The third kappa shape index (κ3) is 6.19. The number of unbranched alkanes of at least 4 members (excludes halogenated alkanes) is 3. The molecule has 4 rings (SSSR count). The van der Waals surface area contributed by atoms with E-state index in [-0.39, 0.29) is 5.75 Å². The van der Waals surface area contributed by atoms with Gasteiger partial charge in [-0.1, -0.05) is 86.8 Å². The summed E-state index contributed by atoms with van der Waals surface area (Å²) in [5.41, 5.74) is 1.91. The zero-order valence-electron chi connectivity index (χ0n) is 19.5. The zero-order chi connectivity index (χ0) is 23.6. The average Bonchev–Trinajstić information content (AvgIpc) is 2.88. The molecule has 4 aromatic rings. The Balaban J connectivity index is 1.59. The van der Waals surface area contributed by atoms with Crippen LogP contribution >= 0.6 is 0 Å². The van der Waals surface area contributed by atoms with Crippen molar-refractivity contribution < 1.29 is 18.6 Å². The van der Waals surface area contributed by atoms with Crippen molar-refractivity contribution in [3.8, 4) is 17.2 Å². The first-order valence-corrected chi connectivity index (χ1v) is 11.8. The third-order valence-electron chi connectivity index (χ3n) is 5.51. The van der Waals surface area contributed by atoms with E-state index in [2.05, 4.69) is 6.92 Å². The molecule has 3 aromatic carbocycles. The van der Waals surface area contributed by atoms with E-state index in [1.807, 2.05) is 72.8 Å². The van der Waals surface area contributed by atoms with Crippen LogP contribution in [-0.2, 0) is 13.2 Å². The molecule has 0 aliphatic heterocycles. The van der Waals surface area contributed by atoms with Gasteiger partial charge in [0, 0.05) is 6.07 Å². The van der Waals surface area contributed by atoms with Gasteiger partial charge >= 0.3 is 5.63 Å². The van der Waals surface area contributed by atoms with Crippen LogP contribution in [0.5, 0.6) is 17.2 Å². The summed E-state index contributed by atoms with van der Waals surface area (Å²) >= 11 is 0. The molecule has 1 heterocycles. The Kier molecular flexibility index (Phi) is 8.22. The quantitative estimate of drug-likeness (QED) is 0.171. The number of rotatable bonds is 12. The lowest BCUT2D eigenvalue weighted by molar-refractivity contribution is 0.249. The van der Waals surface area contributed by atoms with Gasteiger partial charge in [0.25, 0.3) is 0 Å². The van der Waals surface area contributed by atoms with Gasteiger partial charge in [-0.2, -0.15) is 0 Å². The molecule has 0 amide bonds. The molecule has 0 bridgehead atoms. The Hall–Kier alpha value is -3.73. The molecule has 0 unspecified atom stereocenters. The van der Waals surface area contributed by atoms with E-state index < -0.39 is 5.63 Å². The minimum absolute atomic E-state index is 0.123. The second-order valence-electron chi connectivity index (χ2n) is 8.16. The van der Waals surface area contributed by atoms with Crippen molar-refractivity contribution >= 4 is 11.0 Å². The topological polar surface area (TPSA) is 57.9 Å². The summed E-state index contributed by atoms with van der Waals surface area (Å²) in [5, 5.41) is 0.672. The zero-order valence-corrected chi connectivity index (χ0v) is 19.5. The van der Waals surface area contributed by atoms with Gasteiger partial charge in [0.2, 0.25) is 5.75 Å². The first-order valence-electron chi connectivity index (χ1n) is 11.8. The fourth-order valence-corrected chi connectivity index (χ4v) is 3.67. The second kappa shape index (κ2) is 11.9. The summed E-state index contributed by atoms with van der Waals surface area (Å²) in [6, 6.07) is 25.2. The number of ether oxygens (including phenoxy) is 3. The molecule has 0 spiro atoms. The van der Waals surface area contributed by atoms with Gasteiger partial charge in [0.05, 0.1) is 12.0 Å². The molecular formula is C29H30O5. The maximum Gasteiger partial charge on any atom is 0.383 e. The van der Waals surface area contributed by atoms with Gasteiger partial charge in [0.1, 0.15) is 24.5 Å². The number of fused-ring (bicyclic) bond motifs is 1. The van der Waals surface area contributed by atoms with Crippen LogP contribution in [-0.4, -0.2) is 6.61 Å². The predicted octanol–water partition coefficient (Wildman–Crippen LogP) is 6.91. The maximum atomic E-state index is 12.9. The molecule has 0 radical (unpaired) electrons. The Morgan fingerprint density at radius 3 is 2.06 bits per heavy atom. The van der Waals surface area contributed by atoms with Crippen molar-refractivity contribution in [2.45, 2.75) is 45.8 Å². The minimum Gasteiger partial charge on any atom is -0.489 e. The highest BCUT2D eigenvalue weighted by molar-refractivity contribution is 5.86. The summed E-state index contributed by atoms with van der Waals surface area (Å²) in [6.45, 7) is 3.34. The molecule has 5 nitrogen and oxygen atoms in total. The first kappa shape index (κ1) is 23.4. The molecule has 5 heteroatoms. The molecule has 0 saturated heterocycles. The molecule has 0 aliphatic carbocycles. The lowest BCUT2D eigenvalue weighted by Gasteiger charge is -2.15. The Labute approximate surface area is 199 Å². The maximum absolute atomic E-state index is 12.9. The number of hydrogen-bond donors (Lipinski definition) is 0. The van der Waals surface area contributed by atoms with Gasteiger partial charge < -0.3 is 18.6 Å². The Morgan fingerprint density at radius 1 is 0.706 bits per heavy atom. The van der Waals surface area contributed by atoms with Crippen molar-refractivity contribution in [1.29, 1.82) is 0 Å². The van der Waals surface area contributed by atoms with Crippen LogP contribution in [0, 0.1) is 0 Å². The molecule has 0 aliphatic rings. The van der Waals surface area contributed by atoms with Crippen LogP contribution in [0.1, 0.15) is 43.7 Å². The molecule has 0 fully saturated rings. The fourth-order valence-electron chi connectivity index (χ4n) is 3.67. The smallest absolute Gasteiger partial charge is 0.383 e. The summed E-state index contributed by atoms with van der Waals surface area (Å²) in [6.07, 6.45) is 4.20. The van der Waals surface area contributed by atoms with E-state index >= 15 is 0 Å². The predicted molar refractivity (Wildman–Crippen MR) is 134 cm³/mol. The van der Waals surface area contributed by atoms with Gasteiger partial charge in [0.15, 0.2) is 5.75 Å². The van der Waals surface area contributed by atoms with Gasteiger partial charge in [-0.25, -0.2) is 4.79 Å². The summed E-state index contributed by atoms with van der Waals surface area (Å²) < 4.78 is 23.5. The van der Waals surface area contributed by atoms with Gasteiger partial charge in [-0.05, 0) is 29.7 Å². The monoisotopic (exact) mass is 458 g/mol. The molecular weight excluding hydrogens is 428 g/mol. The molecule has 0 saturated carbocycles. The van der Waals surface area contributed by atoms with Crippen LogP contribution in [0.4, 0.5) is 0 Å². The fraction of sp³-hybridized carbons (Fsp3) is 0.276. The van der Waals surface area contributed by atoms with Crippen LogP contribution in [0.25, 0.3) is 11.0 Å². The lowest BCUT2D eigenvalue weighted by atomic mass is 10.2. The van der Waals surface area contributed by atoms with Crippen molar-refractivity contribution in [3.63, 3.8) is 0 Å². The highest BCUT2D eigenvalue weighted by Crippen LogP contribution is 2.35. The molecule has 1 aromatic heterocycles. The van der Waals surface area contributed by atoms with Gasteiger partial charge in [-0.15, -0.1) is 0 Å². The molecule has 0 N–H and O–H groups in total. The summed E-state index contributed by atoms with van der Waals surface area (Å²) in [7, 11) is 0. The average molecular weight is 459 g/mol. The van der Waals surface area contributed by atoms with Crippen LogP contribution in [0.2, 0.25) is 0 Å². The SMILES string of the molecule is CCCCCCOc1c(OCc2ccccc2)c2ccc(OCc3ccccc3)cc2oc1=O. The molecule has 34 heavy (non-hydrogen) atoms. The first-order chi connectivity index (χ1) is 16.7. The number of hydrogen-bond acceptors (Lipinski definition) is 5. The van der Waals surface area contributed by atoms with Crippen LogP contribution in [0.3, 0.4) is 0 Å². The van der Waals surface area contributed by atoms with E-state index in [0.717, 1.165) is 36.8 Å². The van der Waals surface area contributed by atoms with E-state index in [1.54, 1.807) is 6.07 Å². The standard InChI is InChI=1S/C29H30O5/c1-2-3-4-11-18-31-28-27(33-21-23-14-9-6-10-15-23)25-17-16-24(19-26(25)34-29(28)30)32-20-22-12-7-5-8-13-22/h5-10,12-17,19H,2-4,11,18,20-21H2,1H3.